The highest BCUT2D eigenvalue weighted by atomic mass is 19.4. The summed E-state index contributed by atoms with van der Waals surface area (Å²) in [6.45, 7) is 0.895. The van der Waals surface area contributed by atoms with Crippen molar-refractivity contribution in [3.63, 3.8) is 0 Å². The summed E-state index contributed by atoms with van der Waals surface area (Å²) in [4.78, 5) is 1.62. The zero-order chi connectivity index (χ0) is 17.3. The third kappa shape index (κ3) is 3.21. The molecule has 0 spiro atoms. The zero-order valence-electron chi connectivity index (χ0n) is 12.9. The van der Waals surface area contributed by atoms with Crippen molar-refractivity contribution in [1.82, 2.24) is 9.78 Å². The largest absolute Gasteiger partial charge is 0.418 e. The molecule has 8 heteroatoms. The molecule has 1 aliphatic heterocycles. The lowest BCUT2D eigenvalue weighted by molar-refractivity contribution is -0.137. The number of aryl methyl sites for hydroxylation is 1. The van der Waals surface area contributed by atoms with Crippen molar-refractivity contribution >= 4 is 5.69 Å². The van der Waals surface area contributed by atoms with Gasteiger partial charge >= 0.3 is 6.18 Å². The first-order valence-electron chi connectivity index (χ1n) is 7.35. The fourth-order valence-corrected chi connectivity index (χ4v) is 2.78. The Labute approximate surface area is 136 Å². The van der Waals surface area contributed by atoms with E-state index in [0.29, 0.717) is 13.2 Å². The number of alkyl halides is 3. The van der Waals surface area contributed by atoms with Crippen molar-refractivity contribution in [1.29, 1.82) is 5.26 Å². The topological polar surface area (TPSA) is 54.1 Å². The fourth-order valence-electron chi connectivity index (χ4n) is 2.78. The Kier molecular flexibility index (Phi) is 4.20. The van der Waals surface area contributed by atoms with Crippen LogP contribution in [-0.2, 0) is 18.0 Å². The van der Waals surface area contributed by atoms with Gasteiger partial charge in [-0.3, -0.25) is 4.68 Å². The lowest BCUT2D eigenvalue weighted by Gasteiger charge is -2.35. The summed E-state index contributed by atoms with van der Waals surface area (Å²) in [6, 6.07) is 5.33. The molecule has 1 saturated heterocycles. The number of nitrogens with zero attached hydrogens (tertiary/aromatic N) is 4. The van der Waals surface area contributed by atoms with Gasteiger partial charge in [-0.1, -0.05) is 0 Å². The van der Waals surface area contributed by atoms with E-state index in [4.69, 9.17) is 10.00 Å². The Balaban J connectivity index is 1.94. The standard InChI is InChI=1S/C16H15F3N4O/c1-22-9-12(8-21-22)15-10-23(4-5-24-15)14-6-11(7-20)2-3-13(14)16(17,18)19/h2-3,6,8-9,15H,4-5,10H2,1H3. The first-order valence-corrected chi connectivity index (χ1v) is 7.35. The molecule has 0 saturated carbocycles. The van der Waals surface area contributed by atoms with Gasteiger partial charge in [0.2, 0.25) is 0 Å². The number of hydrogen-bond donors (Lipinski definition) is 0. The lowest BCUT2D eigenvalue weighted by atomic mass is 10.1. The molecule has 1 aromatic heterocycles. The van der Waals surface area contributed by atoms with E-state index in [1.165, 1.54) is 12.1 Å². The quantitative estimate of drug-likeness (QED) is 0.846. The van der Waals surface area contributed by atoms with Crippen LogP contribution >= 0.6 is 0 Å². The molecule has 0 amide bonds. The van der Waals surface area contributed by atoms with Crippen molar-refractivity contribution in [2.24, 2.45) is 7.05 Å². The van der Waals surface area contributed by atoms with Crippen molar-refractivity contribution in [2.75, 3.05) is 24.6 Å². The average Bonchev–Trinajstić information content (AvgIpc) is 3.00. The number of morpholine rings is 1. The number of halogens is 3. The molecule has 24 heavy (non-hydrogen) atoms. The summed E-state index contributed by atoms with van der Waals surface area (Å²) >= 11 is 0. The second-order valence-corrected chi connectivity index (χ2v) is 5.59. The normalized spacial score (nSPS) is 18.5. The summed E-state index contributed by atoms with van der Waals surface area (Å²) < 4.78 is 47.2. The minimum absolute atomic E-state index is 0.0127. The van der Waals surface area contributed by atoms with Crippen molar-refractivity contribution in [3.05, 3.63) is 47.3 Å². The van der Waals surface area contributed by atoms with Gasteiger partial charge in [0.15, 0.2) is 0 Å². The SMILES string of the molecule is Cn1cc(C2CN(c3cc(C#N)ccc3C(F)(F)F)CCO2)cn1. The Morgan fingerprint density at radius 1 is 1.38 bits per heavy atom. The van der Waals surface area contributed by atoms with E-state index in [0.717, 1.165) is 11.6 Å². The smallest absolute Gasteiger partial charge is 0.370 e. The molecule has 1 fully saturated rings. The highest BCUT2D eigenvalue weighted by Crippen LogP contribution is 2.38. The van der Waals surface area contributed by atoms with E-state index in [9.17, 15) is 13.2 Å². The number of anilines is 1. The van der Waals surface area contributed by atoms with Crippen LogP contribution in [0.1, 0.15) is 22.8 Å². The van der Waals surface area contributed by atoms with Crippen LogP contribution in [0.3, 0.4) is 0 Å². The molecule has 1 unspecified atom stereocenters. The van der Waals surface area contributed by atoms with Gasteiger partial charge in [-0.15, -0.1) is 0 Å². The van der Waals surface area contributed by atoms with Gasteiger partial charge in [0.1, 0.15) is 6.10 Å². The maximum absolute atomic E-state index is 13.3. The maximum Gasteiger partial charge on any atom is 0.418 e. The second-order valence-electron chi connectivity index (χ2n) is 5.59. The summed E-state index contributed by atoms with van der Waals surface area (Å²) in [7, 11) is 1.77. The van der Waals surface area contributed by atoms with E-state index in [2.05, 4.69) is 5.10 Å². The van der Waals surface area contributed by atoms with Gasteiger partial charge in [0, 0.05) is 31.9 Å². The Bertz CT molecular complexity index is 778. The van der Waals surface area contributed by atoms with Gasteiger partial charge < -0.3 is 9.64 Å². The van der Waals surface area contributed by atoms with Crippen LogP contribution in [0.4, 0.5) is 18.9 Å². The van der Waals surface area contributed by atoms with Crippen molar-refractivity contribution in [3.8, 4) is 6.07 Å². The number of hydrogen-bond acceptors (Lipinski definition) is 4. The minimum Gasteiger partial charge on any atom is -0.370 e. The molecule has 1 atom stereocenters. The Morgan fingerprint density at radius 3 is 2.79 bits per heavy atom. The first-order chi connectivity index (χ1) is 11.4. The number of benzene rings is 1. The number of nitriles is 1. The summed E-state index contributed by atoms with van der Waals surface area (Å²) in [5.74, 6) is 0. The summed E-state index contributed by atoms with van der Waals surface area (Å²) in [6.07, 6.45) is -1.42. The van der Waals surface area contributed by atoms with E-state index in [1.54, 1.807) is 29.0 Å². The highest BCUT2D eigenvalue weighted by Gasteiger charge is 2.36. The fraction of sp³-hybridized carbons (Fsp3) is 0.375. The average molecular weight is 336 g/mol. The lowest BCUT2D eigenvalue weighted by Crippen LogP contribution is -2.39. The van der Waals surface area contributed by atoms with Gasteiger partial charge in [0.05, 0.1) is 35.7 Å². The molecule has 0 bridgehead atoms. The Morgan fingerprint density at radius 2 is 2.17 bits per heavy atom. The predicted molar refractivity (Wildman–Crippen MR) is 80.3 cm³/mol. The molecule has 2 heterocycles. The van der Waals surface area contributed by atoms with E-state index >= 15 is 0 Å². The molecule has 0 N–H and O–H groups in total. The molecule has 1 aliphatic rings. The molecule has 3 rings (SSSR count). The Hall–Kier alpha value is -2.53. The van der Waals surface area contributed by atoms with Crippen LogP contribution < -0.4 is 4.90 Å². The van der Waals surface area contributed by atoms with Crippen LogP contribution in [0, 0.1) is 11.3 Å². The second kappa shape index (κ2) is 6.17. The molecule has 2 aromatic rings. The minimum atomic E-state index is -4.48. The molecule has 0 radical (unpaired) electrons. The zero-order valence-corrected chi connectivity index (χ0v) is 12.9. The van der Waals surface area contributed by atoms with Crippen LogP contribution in [-0.4, -0.2) is 29.5 Å². The van der Waals surface area contributed by atoms with E-state index in [1.807, 2.05) is 6.07 Å². The van der Waals surface area contributed by atoms with E-state index < -0.39 is 11.7 Å². The highest BCUT2D eigenvalue weighted by molar-refractivity contribution is 5.59. The number of rotatable bonds is 2. The first kappa shape index (κ1) is 16.3. The predicted octanol–water partition coefficient (Wildman–Crippen LogP) is 2.89. The molecule has 0 aliphatic carbocycles. The third-order valence-corrected chi connectivity index (χ3v) is 3.94. The van der Waals surface area contributed by atoms with Gasteiger partial charge in [0.25, 0.3) is 0 Å². The number of aromatic nitrogens is 2. The summed E-state index contributed by atoms with van der Waals surface area (Å²) in [5.41, 5.74) is 0.279. The van der Waals surface area contributed by atoms with Gasteiger partial charge in [-0.2, -0.15) is 23.5 Å². The number of ether oxygens (including phenoxy) is 1. The van der Waals surface area contributed by atoms with Crippen LogP contribution in [0.5, 0.6) is 0 Å². The van der Waals surface area contributed by atoms with Crippen molar-refractivity contribution < 1.29 is 17.9 Å². The third-order valence-electron chi connectivity index (χ3n) is 3.94. The van der Waals surface area contributed by atoms with Crippen molar-refractivity contribution in [2.45, 2.75) is 12.3 Å². The van der Waals surface area contributed by atoms with E-state index in [-0.39, 0.29) is 23.9 Å². The molecular weight excluding hydrogens is 321 g/mol. The maximum atomic E-state index is 13.3. The molecular formula is C16H15F3N4O. The molecule has 126 valence electrons. The monoisotopic (exact) mass is 336 g/mol. The van der Waals surface area contributed by atoms with Gasteiger partial charge in [-0.25, -0.2) is 0 Å². The van der Waals surface area contributed by atoms with Crippen LogP contribution in [0.15, 0.2) is 30.6 Å². The van der Waals surface area contributed by atoms with Crippen LogP contribution in [0.2, 0.25) is 0 Å². The summed E-state index contributed by atoms with van der Waals surface area (Å²) in [5, 5.41) is 13.1. The van der Waals surface area contributed by atoms with Gasteiger partial charge in [-0.05, 0) is 18.2 Å². The molecule has 1 aromatic carbocycles. The van der Waals surface area contributed by atoms with Crippen LogP contribution in [0.25, 0.3) is 0 Å². The molecule has 5 nitrogen and oxygen atoms in total.